The van der Waals surface area contributed by atoms with Crippen molar-refractivity contribution in [2.45, 2.75) is 52.1 Å². The fraction of sp³-hybridized carbons (Fsp3) is 0.409. The Hall–Kier alpha value is -2.49. The second-order valence-corrected chi connectivity index (χ2v) is 6.21. The third-order valence-electron chi connectivity index (χ3n) is 4.00. The molecule has 0 aliphatic rings. The molecule has 0 amide bonds. The topological polar surface area (TPSA) is 48.7 Å². The highest BCUT2D eigenvalue weighted by molar-refractivity contribution is 5.87. The van der Waals surface area contributed by atoms with E-state index < -0.39 is 5.97 Å². The highest BCUT2D eigenvalue weighted by Gasteiger charge is 2.01. The second kappa shape index (κ2) is 12.0. The van der Waals surface area contributed by atoms with Crippen molar-refractivity contribution < 1.29 is 18.7 Å². The number of furan rings is 1. The van der Waals surface area contributed by atoms with Crippen LogP contribution in [0.3, 0.4) is 0 Å². The molecule has 2 rings (SSSR count). The molecule has 0 fully saturated rings. The maximum Gasteiger partial charge on any atom is 0.331 e. The molecule has 0 radical (unpaired) electrons. The summed E-state index contributed by atoms with van der Waals surface area (Å²) >= 11 is 0. The largest absolute Gasteiger partial charge is 0.494 e. The van der Waals surface area contributed by atoms with Gasteiger partial charge in [-0.05, 0) is 42.3 Å². The van der Waals surface area contributed by atoms with Gasteiger partial charge in [-0.1, -0.05) is 51.2 Å². The van der Waals surface area contributed by atoms with Crippen LogP contribution in [0.1, 0.15) is 56.8 Å². The van der Waals surface area contributed by atoms with Crippen LogP contribution < -0.4 is 4.74 Å². The minimum Gasteiger partial charge on any atom is -0.494 e. The van der Waals surface area contributed by atoms with E-state index in [0.29, 0.717) is 5.76 Å². The van der Waals surface area contributed by atoms with Crippen molar-refractivity contribution >= 4 is 12.0 Å². The van der Waals surface area contributed by atoms with Gasteiger partial charge in [0.1, 0.15) is 18.1 Å². The van der Waals surface area contributed by atoms with E-state index in [1.54, 1.807) is 24.5 Å². The Labute approximate surface area is 155 Å². The number of esters is 1. The normalized spacial score (nSPS) is 11.0. The number of hydrogen-bond donors (Lipinski definition) is 0. The molecule has 0 aliphatic heterocycles. The summed E-state index contributed by atoms with van der Waals surface area (Å²) in [6.07, 6.45) is 12.2. The van der Waals surface area contributed by atoms with Gasteiger partial charge >= 0.3 is 5.97 Å². The van der Waals surface area contributed by atoms with Gasteiger partial charge in [0.15, 0.2) is 0 Å². The first-order chi connectivity index (χ1) is 12.8. The lowest BCUT2D eigenvalue weighted by Gasteiger charge is -2.06. The van der Waals surface area contributed by atoms with Crippen LogP contribution in [-0.2, 0) is 16.1 Å². The van der Waals surface area contributed by atoms with Gasteiger partial charge in [-0.2, -0.15) is 0 Å². The fourth-order valence-electron chi connectivity index (χ4n) is 2.50. The monoisotopic (exact) mass is 356 g/mol. The molecule has 4 nitrogen and oxygen atoms in total. The zero-order valence-electron chi connectivity index (χ0n) is 15.5. The molecule has 26 heavy (non-hydrogen) atoms. The van der Waals surface area contributed by atoms with Crippen LogP contribution in [0.25, 0.3) is 6.08 Å². The smallest absolute Gasteiger partial charge is 0.331 e. The van der Waals surface area contributed by atoms with E-state index in [0.717, 1.165) is 24.3 Å². The van der Waals surface area contributed by atoms with Gasteiger partial charge in [-0.25, -0.2) is 4.79 Å². The van der Waals surface area contributed by atoms with Gasteiger partial charge in [-0.15, -0.1) is 0 Å². The molecule has 140 valence electrons. The van der Waals surface area contributed by atoms with Gasteiger partial charge in [0.25, 0.3) is 0 Å². The van der Waals surface area contributed by atoms with E-state index in [1.807, 2.05) is 24.3 Å². The minimum absolute atomic E-state index is 0.140. The molecular weight excluding hydrogens is 328 g/mol. The van der Waals surface area contributed by atoms with E-state index in [4.69, 9.17) is 13.9 Å². The molecule has 0 spiro atoms. The molecule has 4 heteroatoms. The number of rotatable bonds is 12. The van der Waals surface area contributed by atoms with Crippen molar-refractivity contribution in [2.75, 3.05) is 6.61 Å². The Bertz CT molecular complexity index is 641. The van der Waals surface area contributed by atoms with E-state index in [2.05, 4.69) is 6.92 Å². The number of benzene rings is 1. The molecule has 0 unspecified atom stereocenters. The van der Waals surface area contributed by atoms with Crippen LogP contribution in [-0.4, -0.2) is 12.6 Å². The van der Waals surface area contributed by atoms with Crippen LogP contribution in [0.2, 0.25) is 0 Å². The summed E-state index contributed by atoms with van der Waals surface area (Å²) < 4.78 is 15.9. The molecule has 0 bridgehead atoms. The van der Waals surface area contributed by atoms with E-state index in [9.17, 15) is 4.79 Å². The Kier molecular flexibility index (Phi) is 9.12. The number of hydrogen-bond acceptors (Lipinski definition) is 4. The van der Waals surface area contributed by atoms with E-state index in [1.165, 1.54) is 38.2 Å². The summed E-state index contributed by atoms with van der Waals surface area (Å²) in [6, 6.07) is 11.2. The van der Waals surface area contributed by atoms with Crippen molar-refractivity contribution in [3.05, 3.63) is 60.1 Å². The first-order valence-electron chi connectivity index (χ1n) is 9.38. The summed E-state index contributed by atoms with van der Waals surface area (Å²) in [7, 11) is 0. The predicted octanol–water partition coefficient (Wildman–Crippen LogP) is 5.78. The molecule has 2 aromatic rings. The highest BCUT2D eigenvalue weighted by atomic mass is 16.5. The third kappa shape index (κ3) is 8.06. The average molecular weight is 356 g/mol. The molecule has 0 saturated carbocycles. The van der Waals surface area contributed by atoms with Gasteiger partial charge in [0, 0.05) is 6.08 Å². The van der Waals surface area contributed by atoms with Gasteiger partial charge in [-0.3, -0.25) is 0 Å². The van der Waals surface area contributed by atoms with Gasteiger partial charge < -0.3 is 13.9 Å². The second-order valence-electron chi connectivity index (χ2n) is 6.21. The molecule has 1 heterocycles. The molecule has 0 atom stereocenters. The van der Waals surface area contributed by atoms with Crippen molar-refractivity contribution in [1.29, 1.82) is 0 Å². The van der Waals surface area contributed by atoms with Gasteiger partial charge in [0.05, 0.1) is 12.9 Å². The van der Waals surface area contributed by atoms with Crippen molar-refractivity contribution in [2.24, 2.45) is 0 Å². The van der Waals surface area contributed by atoms with E-state index >= 15 is 0 Å². The number of carbonyl (C=O) groups is 1. The third-order valence-corrected chi connectivity index (χ3v) is 4.00. The SMILES string of the molecule is CCCCCCCCOc1ccc(/C=C/C(=O)OCc2ccco2)cc1. The van der Waals surface area contributed by atoms with Crippen LogP contribution >= 0.6 is 0 Å². The van der Waals surface area contributed by atoms with Crippen molar-refractivity contribution in [3.63, 3.8) is 0 Å². The zero-order chi connectivity index (χ0) is 18.5. The van der Waals surface area contributed by atoms with Crippen LogP contribution in [0, 0.1) is 0 Å². The summed E-state index contributed by atoms with van der Waals surface area (Å²) in [6.45, 7) is 3.12. The Morgan fingerprint density at radius 3 is 2.54 bits per heavy atom. The minimum atomic E-state index is -0.398. The zero-order valence-corrected chi connectivity index (χ0v) is 15.5. The molecule has 0 aliphatic carbocycles. The van der Waals surface area contributed by atoms with Crippen molar-refractivity contribution in [3.8, 4) is 5.75 Å². The first kappa shape index (κ1) is 19.8. The standard InChI is InChI=1S/C22H28O4/c1-2-3-4-5-6-7-16-24-20-13-10-19(11-14-20)12-15-22(23)26-18-21-9-8-17-25-21/h8-15,17H,2-7,16,18H2,1H3/b15-12+. The predicted molar refractivity (Wildman–Crippen MR) is 103 cm³/mol. The number of carbonyl (C=O) groups excluding carboxylic acids is 1. The maximum atomic E-state index is 11.7. The molecule has 1 aromatic carbocycles. The Morgan fingerprint density at radius 2 is 1.81 bits per heavy atom. The summed E-state index contributed by atoms with van der Waals surface area (Å²) in [5.41, 5.74) is 0.923. The lowest BCUT2D eigenvalue weighted by atomic mass is 10.1. The Morgan fingerprint density at radius 1 is 1.04 bits per heavy atom. The van der Waals surface area contributed by atoms with Crippen molar-refractivity contribution in [1.82, 2.24) is 0 Å². The summed E-state index contributed by atoms with van der Waals surface area (Å²) in [5, 5.41) is 0. The molecule has 0 saturated heterocycles. The first-order valence-corrected chi connectivity index (χ1v) is 9.38. The Balaban J connectivity index is 1.64. The molecule has 1 aromatic heterocycles. The van der Waals surface area contributed by atoms with Crippen LogP contribution in [0.5, 0.6) is 5.75 Å². The number of ether oxygens (including phenoxy) is 2. The highest BCUT2D eigenvalue weighted by Crippen LogP contribution is 2.14. The summed E-state index contributed by atoms with van der Waals surface area (Å²) in [5.74, 6) is 1.08. The molecule has 0 N–H and O–H groups in total. The van der Waals surface area contributed by atoms with E-state index in [-0.39, 0.29) is 6.61 Å². The molecular formula is C22H28O4. The lowest BCUT2D eigenvalue weighted by Crippen LogP contribution is -1.99. The quantitative estimate of drug-likeness (QED) is 0.275. The van der Waals surface area contributed by atoms with Gasteiger partial charge in [0.2, 0.25) is 0 Å². The number of unbranched alkanes of at least 4 members (excludes halogenated alkanes) is 5. The van der Waals surface area contributed by atoms with Crippen LogP contribution in [0.15, 0.2) is 53.2 Å². The fourth-order valence-corrected chi connectivity index (χ4v) is 2.50. The van der Waals surface area contributed by atoms with Crippen LogP contribution in [0.4, 0.5) is 0 Å². The summed E-state index contributed by atoms with van der Waals surface area (Å²) in [4.78, 5) is 11.7. The average Bonchev–Trinajstić information content (AvgIpc) is 3.18. The lowest BCUT2D eigenvalue weighted by molar-refractivity contribution is -0.139. The maximum absolute atomic E-state index is 11.7.